The topological polar surface area (TPSA) is 19.0 Å². The van der Waals surface area contributed by atoms with E-state index >= 15 is 0 Å². The third-order valence-electron chi connectivity index (χ3n) is 3.92. The van der Waals surface area contributed by atoms with E-state index in [1.54, 1.807) is 0 Å². The highest BCUT2D eigenvalue weighted by Crippen LogP contribution is 2.35. The van der Waals surface area contributed by atoms with Gasteiger partial charge in [0.05, 0.1) is 5.52 Å². The molecule has 1 atom stereocenters. The lowest BCUT2D eigenvalue weighted by molar-refractivity contribution is 0.268. The van der Waals surface area contributed by atoms with Crippen LogP contribution in [0.1, 0.15) is 17.7 Å². The van der Waals surface area contributed by atoms with Crippen LogP contribution in [0.15, 0.2) is 21.1 Å². The van der Waals surface area contributed by atoms with Crippen LogP contribution in [0.3, 0.4) is 0 Å². The van der Waals surface area contributed by atoms with E-state index in [1.165, 1.54) is 28.6 Å². The van der Waals surface area contributed by atoms with Gasteiger partial charge in [0.25, 0.3) is 0 Å². The molecule has 3 rings (SSSR count). The van der Waals surface area contributed by atoms with E-state index < -0.39 is 0 Å². The van der Waals surface area contributed by atoms with Crippen molar-refractivity contribution in [1.29, 1.82) is 0 Å². The van der Waals surface area contributed by atoms with Gasteiger partial charge in [0.1, 0.15) is 0 Å². The predicted molar refractivity (Wildman–Crippen MR) is 90.4 cm³/mol. The minimum Gasteiger partial charge on any atom is -0.357 e. The molecule has 1 aromatic carbocycles. The van der Waals surface area contributed by atoms with Gasteiger partial charge in [-0.2, -0.15) is 0 Å². The smallest absolute Gasteiger partial charge is 0.0604 e. The molecule has 0 spiro atoms. The summed E-state index contributed by atoms with van der Waals surface area (Å²) in [6.07, 6.45) is 3.54. The van der Waals surface area contributed by atoms with E-state index in [-0.39, 0.29) is 12.4 Å². The fourth-order valence-electron chi connectivity index (χ4n) is 2.86. The second-order valence-corrected chi connectivity index (χ2v) is 7.02. The van der Waals surface area contributed by atoms with Crippen LogP contribution < -0.4 is 0 Å². The van der Waals surface area contributed by atoms with Crippen molar-refractivity contribution in [2.24, 2.45) is 0 Å². The van der Waals surface area contributed by atoms with Crippen LogP contribution in [0.2, 0.25) is 0 Å². The summed E-state index contributed by atoms with van der Waals surface area (Å²) in [4.78, 5) is 5.93. The molecule has 1 N–H and O–H groups in total. The highest BCUT2D eigenvalue weighted by atomic mass is 79.9. The number of benzene rings is 1. The summed E-state index contributed by atoms with van der Waals surface area (Å²) in [7, 11) is 4.35. The highest BCUT2D eigenvalue weighted by molar-refractivity contribution is 9.11. The van der Waals surface area contributed by atoms with Crippen LogP contribution in [0.25, 0.3) is 10.9 Å². The number of hydrogen-bond donors (Lipinski definition) is 1. The Morgan fingerprint density at radius 1 is 1.26 bits per heavy atom. The Morgan fingerprint density at radius 3 is 2.68 bits per heavy atom. The molecule has 1 aliphatic carbocycles. The van der Waals surface area contributed by atoms with Crippen molar-refractivity contribution in [1.82, 2.24) is 9.88 Å². The lowest BCUT2D eigenvalue weighted by Gasteiger charge is -2.28. The lowest BCUT2D eigenvalue weighted by Crippen LogP contribution is -2.33. The van der Waals surface area contributed by atoms with E-state index in [9.17, 15) is 0 Å². The van der Waals surface area contributed by atoms with Crippen molar-refractivity contribution >= 4 is 55.2 Å². The van der Waals surface area contributed by atoms with Gasteiger partial charge in [0, 0.05) is 26.1 Å². The molecule has 1 aromatic heterocycles. The molecule has 1 aliphatic rings. The summed E-state index contributed by atoms with van der Waals surface area (Å²) >= 11 is 7.23. The first-order valence-corrected chi connectivity index (χ1v) is 7.79. The number of nitrogens with one attached hydrogen (secondary N) is 1. The Bertz CT molecular complexity index is 607. The quantitative estimate of drug-likeness (QED) is 0.734. The van der Waals surface area contributed by atoms with E-state index in [0.717, 1.165) is 21.8 Å². The van der Waals surface area contributed by atoms with Crippen LogP contribution in [-0.4, -0.2) is 30.0 Å². The van der Waals surface area contributed by atoms with Crippen LogP contribution in [0, 0.1) is 0 Å². The number of likely N-dealkylation sites (N-methyl/N-ethyl adjacent to an activating group) is 1. The minimum atomic E-state index is 0. The maximum absolute atomic E-state index is 3.65. The monoisotopic (exact) mass is 406 g/mol. The van der Waals surface area contributed by atoms with Crippen molar-refractivity contribution in [3.05, 3.63) is 32.3 Å². The molecule has 1 unspecified atom stereocenters. The first-order chi connectivity index (χ1) is 8.56. The number of aromatic amines is 1. The number of fused-ring (bicyclic) bond motifs is 3. The van der Waals surface area contributed by atoms with Gasteiger partial charge >= 0.3 is 0 Å². The molecule has 0 bridgehead atoms. The molecule has 104 valence electrons. The van der Waals surface area contributed by atoms with E-state index in [2.05, 4.69) is 68.0 Å². The summed E-state index contributed by atoms with van der Waals surface area (Å²) < 4.78 is 2.28. The third-order valence-corrected chi connectivity index (χ3v) is 5.00. The molecule has 0 saturated carbocycles. The molecule has 1 heterocycles. The average Bonchev–Trinajstić information content (AvgIpc) is 2.67. The molecule has 2 nitrogen and oxygen atoms in total. The molecule has 0 radical (unpaired) electrons. The Kier molecular flexibility index (Phi) is 4.66. The molecule has 2 aromatic rings. The van der Waals surface area contributed by atoms with Gasteiger partial charge < -0.3 is 9.88 Å². The number of aryl methyl sites for hydroxylation is 1. The summed E-state index contributed by atoms with van der Waals surface area (Å²) in [5.74, 6) is 0. The van der Waals surface area contributed by atoms with Crippen molar-refractivity contribution in [2.45, 2.75) is 25.3 Å². The summed E-state index contributed by atoms with van der Waals surface area (Å²) in [5.41, 5.74) is 4.15. The normalized spacial score (nSPS) is 18.5. The van der Waals surface area contributed by atoms with Crippen LogP contribution in [0.5, 0.6) is 0 Å². The van der Waals surface area contributed by atoms with Crippen LogP contribution in [0.4, 0.5) is 0 Å². The van der Waals surface area contributed by atoms with Gasteiger partial charge in [-0.1, -0.05) is 15.9 Å². The maximum Gasteiger partial charge on any atom is 0.0604 e. The van der Waals surface area contributed by atoms with Gasteiger partial charge in [0.15, 0.2) is 0 Å². The molecule has 5 heteroatoms. The molecular formula is C14H17Br2ClN2. The molecular weight excluding hydrogens is 391 g/mol. The summed E-state index contributed by atoms with van der Waals surface area (Å²) in [6, 6.07) is 5.00. The first kappa shape index (κ1) is 15.4. The van der Waals surface area contributed by atoms with E-state index in [1.807, 2.05) is 0 Å². The Morgan fingerprint density at radius 2 is 2.00 bits per heavy atom. The molecule has 0 saturated heterocycles. The number of H-pyrrole nitrogens is 1. The predicted octanol–water partition coefficient (Wildman–Crippen LogP) is 4.53. The zero-order valence-electron chi connectivity index (χ0n) is 11.0. The van der Waals surface area contributed by atoms with E-state index in [4.69, 9.17) is 0 Å². The summed E-state index contributed by atoms with van der Waals surface area (Å²) in [5, 5.41) is 1.36. The fourth-order valence-corrected chi connectivity index (χ4v) is 4.19. The summed E-state index contributed by atoms with van der Waals surface area (Å²) in [6.45, 7) is 0. The molecule has 0 fully saturated rings. The van der Waals surface area contributed by atoms with Crippen LogP contribution in [-0.2, 0) is 12.8 Å². The zero-order valence-corrected chi connectivity index (χ0v) is 15.0. The molecule has 0 amide bonds. The van der Waals surface area contributed by atoms with Crippen molar-refractivity contribution in [3.8, 4) is 0 Å². The Balaban J connectivity index is 0.00000133. The molecule has 0 aliphatic heterocycles. The van der Waals surface area contributed by atoms with Crippen molar-refractivity contribution < 1.29 is 0 Å². The van der Waals surface area contributed by atoms with Crippen molar-refractivity contribution in [2.75, 3.05) is 14.1 Å². The average molecular weight is 409 g/mol. The number of rotatable bonds is 1. The largest absolute Gasteiger partial charge is 0.357 e. The number of nitrogens with zero attached hydrogens (tertiary/aromatic N) is 1. The second-order valence-electron chi connectivity index (χ2n) is 5.25. The van der Waals surface area contributed by atoms with Crippen LogP contribution >= 0.6 is 44.3 Å². The Labute approximate surface area is 136 Å². The maximum atomic E-state index is 3.65. The van der Waals surface area contributed by atoms with Gasteiger partial charge in [-0.3, -0.25) is 0 Å². The van der Waals surface area contributed by atoms with E-state index in [0.29, 0.717) is 6.04 Å². The third kappa shape index (κ3) is 2.73. The van der Waals surface area contributed by atoms with Gasteiger partial charge in [-0.05, 0) is 67.0 Å². The standard InChI is InChI=1S/C14H16Br2N2.ClH/c1-18(2)9-3-4-13-10(7-9)11-5-8(15)6-12(16)14(11)17-13;/h5-6,9,17H,3-4,7H2,1-2H3;1H. The number of aromatic nitrogens is 1. The van der Waals surface area contributed by atoms with Gasteiger partial charge in [0.2, 0.25) is 0 Å². The number of halogens is 3. The lowest BCUT2D eigenvalue weighted by atomic mass is 9.91. The SMILES string of the molecule is CN(C)C1CCc2[nH]c3c(Br)cc(Br)cc3c2C1.Cl. The first-order valence-electron chi connectivity index (χ1n) is 6.21. The fraction of sp³-hybridized carbons (Fsp3) is 0.429. The zero-order chi connectivity index (χ0) is 12.9. The van der Waals surface area contributed by atoms with Crippen molar-refractivity contribution in [3.63, 3.8) is 0 Å². The van der Waals surface area contributed by atoms with Gasteiger partial charge in [-0.15, -0.1) is 12.4 Å². The van der Waals surface area contributed by atoms with Gasteiger partial charge in [-0.25, -0.2) is 0 Å². The molecule has 19 heavy (non-hydrogen) atoms. The second kappa shape index (κ2) is 5.76. The highest BCUT2D eigenvalue weighted by Gasteiger charge is 2.24. The minimum absolute atomic E-state index is 0. The number of hydrogen-bond acceptors (Lipinski definition) is 1. The Hall–Kier alpha value is -0.0300.